The lowest BCUT2D eigenvalue weighted by atomic mass is 10.1. The molecule has 0 spiro atoms. The molecule has 0 heterocycles. The zero-order chi connectivity index (χ0) is 17.2. The Labute approximate surface area is 138 Å². The lowest BCUT2D eigenvalue weighted by Crippen LogP contribution is -2.35. The van der Waals surface area contributed by atoms with Gasteiger partial charge in [-0.1, -0.05) is 25.1 Å². The van der Waals surface area contributed by atoms with Gasteiger partial charge in [-0.25, -0.2) is 0 Å². The molecule has 0 saturated carbocycles. The number of nitrogens with one attached hydrogen (secondary N) is 2. The molecule has 0 radical (unpaired) electrons. The van der Waals surface area contributed by atoms with E-state index in [2.05, 4.69) is 23.8 Å². The van der Waals surface area contributed by atoms with Crippen molar-refractivity contribution in [2.45, 2.75) is 20.3 Å². The molecule has 1 aromatic carbocycles. The van der Waals surface area contributed by atoms with E-state index in [1.54, 1.807) is 24.0 Å². The van der Waals surface area contributed by atoms with Crippen LogP contribution in [0.3, 0.4) is 0 Å². The van der Waals surface area contributed by atoms with E-state index in [4.69, 9.17) is 0 Å². The van der Waals surface area contributed by atoms with Crippen LogP contribution in [0.15, 0.2) is 43.5 Å². The highest BCUT2D eigenvalue weighted by Crippen LogP contribution is 2.20. The van der Waals surface area contributed by atoms with Gasteiger partial charge >= 0.3 is 0 Å². The fourth-order valence-electron chi connectivity index (χ4n) is 1.98. The van der Waals surface area contributed by atoms with E-state index in [1.807, 2.05) is 25.1 Å². The molecule has 2 N–H and O–H groups in total. The Balaban J connectivity index is 2.71. The summed E-state index contributed by atoms with van der Waals surface area (Å²) in [5, 5.41) is 5.94. The third-order valence-electron chi connectivity index (χ3n) is 3.33. The van der Waals surface area contributed by atoms with Crippen LogP contribution in [-0.2, 0) is 9.59 Å². The first-order chi connectivity index (χ1) is 11.0. The molecule has 0 aromatic heterocycles. The maximum Gasteiger partial charge on any atom is 0.242 e. The number of amides is 2. The predicted molar refractivity (Wildman–Crippen MR) is 95.6 cm³/mol. The topological polar surface area (TPSA) is 61.4 Å². The number of hydrogen-bond acceptors (Lipinski definition) is 3. The van der Waals surface area contributed by atoms with Crippen molar-refractivity contribution in [3.05, 3.63) is 49.1 Å². The number of anilines is 2. The van der Waals surface area contributed by atoms with E-state index in [0.717, 1.165) is 16.9 Å². The van der Waals surface area contributed by atoms with Crippen LogP contribution >= 0.6 is 0 Å². The van der Waals surface area contributed by atoms with Gasteiger partial charge in [-0.2, -0.15) is 0 Å². The van der Waals surface area contributed by atoms with Gasteiger partial charge < -0.3 is 15.5 Å². The molecule has 23 heavy (non-hydrogen) atoms. The van der Waals surface area contributed by atoms with Gasteiger partial charge in [-0.15, -0.1) is 13.2 Å². The molecule has 1 aromatic rings. The summed E-state index contributed by atoms with van der Waals surface area (Å²) in [7, 11) is 0. The first-order valence-corrected chi connectivity index (χ1v) is 7.65. The van der Waals surface area contributed by atoms with Crippen molar-refractivity contribution in [1.29, 1.82) is 0 Å². The standard InChI is InChI=1S/C18H25N3O2/c1-5-10-21(11-6-2)18(23)13-19-15-9-8-14(4)16(12-15)20-17(22)7-3/h5-6,8-9,12,19H,1-2,7,10-11,13H2,3-4H3,(H,20,22). The molecule has 5 nitrogen and oxygen atoms in total. The molecule has 0 aliphatic rings. The van der Waals surface area contributed by atoms with E-state index < -0.39 is 0 Å². The summed E-state index contributed by atoms with van der Waals surface area (Å²) < 4.78 is 0. The fourth-order valence-corrected chi connectivity index (χ4v) is 1.98. The van der Waals surface area contributed by atoms with Gasteiger partial charge in [-0.3, -0.25) is 9.59 Å². The number of hydrogen-bond donors (Lipinski definition) is 2. The minimum absolute atomic E-state index is 0.0375. The number of carbonyl (C=O) groups excluding carboxylic acids is 2. The Bertz CT molecular complexity index is 572. The van der Waals surface area contributed by atoms with E-state index in [0.29, 0.717) is 19.5 Å². The Hall–Kier alpha value is -2.56. The van der Waals surface area contributed by atoms with Crippen LogP contribution in [0.2, 0.25) is 0 Å². The third kappa shape index (κ3) is 5.98. The molecule has 0 fully saturated rings. The number of nitrogens with zero attached hydrogens (tertiary/aromatic N) is 1. The number of aryl methyl sites for hydroxylation is 1. The molecule has 0 aliphatic carbocycles. The van der Waals surface area contributed by atoms with Crippen LogP contribution in [0, 0.1) is 6.92 Å². The second-order valence-electron chi connectivity index (χ2n) is 5.16. The van der Waals surface area contributed by atoms with Gasteiger partial charge in [0.1, 0.15) is 0 Å². The van der Waals surface area contributed by atoms with Crippen LogP contribution in [-0.4, -0.2) is 36.3 Å². The smallest absolute Gasteiger partial charge is 0.242 e. The summed E-state index contributed by atoms with van der Waals surface area (Å²) in [6, 6.07) is 5.63. The molecule has 124 valence electrons. The molecular formula is C18H25N3O2. The summed E-state index contributed by atoms with van der Waals surface area (Å²) in [6.07, 6.45) is 3.80. The number of benzene rings is 1. The maximum absolute atomic E-state index is 12.2. The van der Waals surface area contributed by atoms with Gasteiger partial charge in [0.15, 0.2) is 0 Å². The lowest BCUT2D eigenvalue weighted by Gasteiger charge is -2.20. The summed E-state index contributed by atoms with van der Waals surface area (Å²) >= 11 is 0. The molecule has 0 aliphatic heterocycles. The molecule has 0 atom stereocenters. The zero-order valence-corrected chi connectivity index (χ0v) is 13.9. The number of carbonyl (C=O) groups is 2. The SMILES string of the molecule is C=CCN(CC=C)C(=O)CNc1ccc(C)c(NC(=O)CC)c1. The Morgan fingerprint density at radius 2 is 1.87 bits per heavy atom. The highest BCUT2D eigenvalue weighted by Gasteiger charge is 2.10. The second-order valence-corrected chi connectivity index (χ2v) is 5.16. The van der Waals surface area contributed by atoms with Crippen molar-refractivity contribution in [3.8, 4) is 0 Å². The molecule has 2 amide bonds. The van der Waals surface area contributed by atoms with Gasteiger partial charge in [0, 0.05) is 30.9 Å². The normalized spacial score (nSPS) is 9.83. The highest BCUT2D eigenvalue weighted by molar-refractivity contribution is 5.92. The van der Waals surface area contributed by atoms with Crippen molar-refractivity contribution < 1.29 is 9.59 Å². The van der Waals surface area contributed by atoms with Crippen LogP contribution in [0.25, 0.3) is 0 Å². The minimum Gasteiger partial charge on any atom is -0.376 e. The molecule has 1 rings (SSSR count). The zero-order valence-electron chi connectivity index (χ0n) is 13.9. The molecule has 0 unspecified atom stereocenters. The Kier molecular flexibility index (Phi) is 7.60. The summed E-state index contributed by atoms with van der Waals surface area (Å²) in [5.74, 6) is -0.0750. The largest absolute Gasteiger partial charge is 0.376 e. The summed E-state index contributed by atoms with van der Waals surface area (Å²) in [5.41, 5.74) is 2.51. The first kappa shape index (κ1) is 18.5. The highest BCUT2D eigenvalue weighted by atomic mass is 16.2. The first-order valence-electron chi connectivity index (χ1n) is 7.65. The third-order valence-corrected chi connectivity index (χ3v) is 3.33. The van der Waals surface area contributed by atoms with Crippen LogP contribution < -0.4 is 10.6 Å². The predicted octanol–water partition coefficient (Wildman–Crippen LogP) is 2.96. The monoisotopic (exact) mass is 315 g/mol. The van der Waals surface area contributed by atoms with Crippen molar-refractivity contribution in [2.24, 2.45) is 0 Å². The molecule has 5 heteroatoms. The van der Waals surface area contributed by atoms with Gasteiger partial charge in [0.2, 0.25) is 11.8 Å². The van der Waals surface area contributed by atoms with Gasteiger partial charge in [0.25, 0.3) is 0 Å². The quantitative estimate of drug-likeness (QED) is 0.689. The van der Waals surface area contributed by atoms with Crippen molar-refractivity contribution in [1.82, 2.24) is 4.90 Å². The van der Waals surface area contributed by atoms with Crippen molar-refractivity contribution >= 4 is 23.2 Å². The maximum atomic E-state index is 12.2. The summed E-state index contributed by atoms with van der Waals surface area (Å²) in [4.78, 5) is 25.4. The van der Waals surface area contributed by atoms with E-state index in [-0.39, 0.29) is 18.4 Å². The molecular weight excluding hydrogens is 290 g/mol. The van der Waals surface area contributed by atoms with E-state index in [1.165, 1.54) is 0 Å². The second kappa shape index (κ2) is 9.46. The molecule has 0 bridgehead atoms. The fraction of sp³-hybridized carbons (Fsp3) is 0.333. The van der Waals surface area contributed by atoms with Crippen LogP contribution in [0.1, 0.15) is 18.9 Å². The average Bonchev–Trinajstić information content (AvgIpc) is 2.54. The van der Waals surface area contributed by atoms with Gasteiger partial charge in [-0.05, 0) is 24.6 Å². The van der Waals surface area contributed by atoms with E-state index >= 15 is 0 Å². The number of rotatable bonds is 9. The lowest BCUT2D eigenvalue weighted by molar-refractivity contribution is -0.128. The Morgan fingerprint density at radius 3 is 2.43 bits per heavy atom. The van der Waals surface area contributed by atoms with Crippen LogP contribution in [0.4, 0.5) is 11.4 Å². The van der Waals surface area contributed by atoms with Gasteiger partial charge in [0.05, 0.1) is 6.54 Å². The Morgan fingerprint density at radius 1 is 1.22 bits per heavy atom. The van der Waals surface area contributed by atoms with Crippen molar-refractivity contribution in [3.63, 3.8) is 0 Å². The van der Waals surface area contributed by atoms with E-state index in [9.17, 15) is 9.59 Å². The van der Waals surface area contributed by atoms with Crippen LogP contribution in [0.5, 0.6) is 0 Å². The van der Waals surface area contributed by atoms with Crippen molar-refractivity contribution in [2.75, 3.05) is 30.3 Å². The average molecular weight is 315 g/mol. The molecule has 0 saturated heterocycles. The summed E-state index contributed by atoms with van der Waals surface area (Å²) in [6.45, 7) is 12.2. The minimum atomic E-state index is -0.0375.